The molecule has 1 saturated heterocycles. The molecule has 0 unspecified atom stereocenters. The Hall–Kier alpha value is -3.41. The number of hydrogen-bond donors (Lipinski definition) is 1. The summed E-state index contributed by atoms with van der Waals surface area (Å²) in [6, 6.07) is 17.8. The Labute approximate surface area is 161 Å². The number of fused-ring (bicyclic) bond motifs is 1. The van der Waals surface area contributed by atoms with Gasteiger partial charge in [0.2, 0.25) is 0 Å². The lowest BCUT2D eigenvalue weighted by Crippen LogP contribution is -2.47. The van der Waals surface area contributed by atoms with Gasteiger partial charge in [0.1, 0.15) is 11.1 Å². The number of benzene rings is 2. The number of nitrogens with one attached hydrogen (secondary N) is 1. The van der Waals surface area contributed by atoms with E-state index in [0.29, 0.717) is 37.1 Å². The SMILES string of the molecule is O=C(NC1CCN(C(=O)c2cc3ccccc3oc2=O)CC1)c1ccccc1. The normalized spacial score (nSPS) is 14.8. The van der Waals surface area contributed by atoms with Crippen LogP contribution in [0.15, 0.2) is 69.9 Å². The van der Waals surface area contributed by atoms with E-state index in [9.17, 15) is 14.4 Å². The van der Waals surface area contributed by atoms with Crippen LogP contribution in [0.5, 0.6) is 0 Å². The lowest BCUT2D eigenvalue weighted by atomic mass is 10.0. The third-order valence-corrected chi connectivity index (χ3v) is 5.03. The number of carbonyl (C=O) groups excluding carboxylic acids is 2. The second-order valence-electron chi connectivity index (χ2n) is 6.89. The van der Waals surface area contributed by atoms with Gasteiger partial charge in [-0.05, 0) is 37.1 Å². The zero-order valence-corrected chi connectivity index (χ0v) is 15.3. The lowest BCUT2D eigenvalue weighted by molar-refractivity contribution is 0.0694. The van der Waals surface area contributed by atoms with E-state index in [-0.39, 0.29) is 23.4 Å². The first-order valence-corrected chi connectivity index (χ1v) is 9.30. The lowest BCUT2D eigenvalue weighted by Gasteiger charge is -2.32. The molecule has 142 valence electrons. The molecular weight excluding hydrogens is 356 g/mol. The van der Waals surface area contributed by atoms with Crippen LogP contribution in [0.1, 0.15) is 33.6 Å². The fraction of sp³-hybridized carbons (Fsp3) is 0.227. The van der Waals surface area contributed by atoms with Crippen molar-refractivity contribution < 1.29 is 14.0 Å². The van der Waals surface area contributed by atoms with Crippen LogP contribution in [0, 0.1) is 0 Å². The van der Waals surface area contributed by atoms with Crippen molar-refractivity contribution in [3.8, 4) is 0 Å². The van der Waals surface area contributed by atoms with Gasteiger partial charge in [-0.2, -0.15) is 0 Å². The van der Waals surface area contributed by atoms with E-state index in [0.717, 1.165) is 5.39 Å². The maximum Gasteiger partial charge on any atom is 0.349 e. The molecule has 3 aromatic rings. The fourth-order valence-electron chi connectivity index (χ4n) is 3.47. The molecule has 1 N–H and O–H groups in total. The van der Waals surface area contributed by atoms with Gasteiger partial charge in [0, 0.05) is 30.1 Å². The molecule has 1 aliphatic rings. The van der Waals surface area contributed by atoms with Gasteiger partial charge >= 0.3 is 5.63 Å². The van der Waals surface area contributed by atoms with E-state index in [4.69, 9.17) is 4.42 Å². The third-order valence-electron chi connectivity index (χ3n) is 5.03. The molecule has 28 heavy (non-hydrogen) atoms. The molecular formula is C22H20N2O4. The van der Waals surface area contributed by atoms with E-state index in [1.165, 1.54) is 0 Å². The van der Waals surface area contributed by atoms with Gasteiger partial charge in [-0.25, -0.2) is 4.79 Å². The van der Waals surface area contributed by atoms with Crippen molar-refractivity contribution in [3.63, 3.8) is 0 Å². The highest BCUT2D eigenvalue weighted by atomic mass is 16.4. The van der Waals surface area contributed by atoms with Crippen molar-refractivity contribution in [2.75, 3.05) is 13.1 Å². The van der Waals surface area contributed by atoms with Gasteiger partial charge in [-0.15, -0.1) is 0 Å². The summed E-state index contributed by atoms with van der Waals surface area (Å²) in [4.78, 5) is 38.9. The molecule has 0 saturated carbocycles. The number of piperidine rings is 1. The second kappa shape index (κ2) is 7.68. The van der Waals surface area contributed by atoms with E-state index in [2.05, 4.69) is 5.32 Å². The Morgan fingerprint density at radius 3 is 2.39 bits per heavy atom. The average molecular weight is 376 g/mol. The predicted octanol–water partition coefficient (Wildman–Crippen LogP) is 2.83. The zero-order chi connectivity index (χ0) is 19.5. The predicted molar refractivity (Wildman–Crippen MR) is 105 cm³/mol. The topological polar surface area (TPSA) is 79.6 Å². The zero-order valence-electron chi connectivity index (χ0n) is 15.3. The highest BCUT2D eigenvalue weighted by Gasteiger charge is 2.26. The molecule has 0 bridgehead atoms. The van der Waals surface area contributed by atoms with Gasteiger partial charge in [0.25, 0.3) is 11.8 Å². The molecule has 6 nitrogen and oxygen atoms in total. The van der Waals surface area contributed by atoms with Crippen LogP contribution in [0.25, 0.3) is 11.0 Å². The Morgan fingerprint density at radius 2 is 1.64 bits per heavy atom. The smallest absolute Gasteiger partial charge is 0.349 e. The van der Waals surface area contributed by atoms with E-state index < -0.39 is 5.63 Å². The van der Waals surface area contributed by atoms with Gasteiger partial charge in [-0.3, -0.25) is 9.59 Å². The molecule has 1 fully saturated rings. The van der Waals surface area contributed by atoms with Crippen LogP contribution < -0.4 is 10.9 Å². The molecule has 2 amide bonds. The van der Waals surface area contributed by atoms with Crippen LogP contribution >= 0.6 is 0 Å². The van der Waals surface area contributed by atoms with Crippen molar-refractivity contribution in [2.24, 2.45) is 0 Å². The van der Waals surface area contributed by atoms with Crippen LogP contribution in [-0.4, -0.2) is 35.8 Å². The Balaban J connectivity index is 1.41. The first-order valence-electron chi connectivity index (χ1n) is 9.30. The number of rotatable bonds is 3. The van der Waals surface area contributed by atoms with Crippen molar-refractivity contribution in [1.82, 2.24) is 10.2 Å². The average Bonchev–Trinajstić information content (AvgIpc) is 2.74. The van der Waals surface area contributed by atoms with Gasteiger partial charge in [0.15, 0.2) is 0 Å². The van der Waals surface area contributed by atoms with Crippen molar-refractivity contribution in [3.05, 3.63) is 82.2 Å². The quantitative estimate of drug-likeness (QED) is 0.713. The fourth-order valence-corrected chi connectivity index (χ4v) is 3.47. The molecule has 0 atom stereocenters. The highest BCUT2D eigenvalue weighted by molar-refractivity contribution is 5.97. The molecule has 2 aromatic carbocycles. The summed E-state index contributed by atoms with van der Waals surface area (Å²) in [5, 5.41) is 3.73. The van der Waals surface area contributed by atoms with E-state index in [1.54, 1.807) is 41.3 Å². The van der Waals surface area contributed by atoms with Gasteiger partial charge < -0.3 is 14.6 Å². The monoisotopic (exact) mass is 376 g/mol. The van der Waals surface area contributed by atoms with E-state index in [1.807, 2.05) is 24.3 Å². The van der Waals surface area contributed by atoms with Crippen LogP contribution in [0.3, 0.4) is 0 Å². The van der Waals surface area contributed by atoms with Crippen molar-refractivity contribution in [2.45, 2.75) is 18.9 Å². The summed E-state index contributed by atoms with van der Waals surface area (Å²) in [6.07, 6.45) is 1.28. The number of para-hydroxylation sites is 1. The summed E-state index contributed by atoms with van der Waals surface area (Å²) >= 11 is 0. The Kier molecular flexibility index (Phi) is 4.93. The molecule has 0 radical (unpaired) electrons. The largest absolute Gasteiger partial charge is 0.422 e. The third kappa shape index (κ3) is 3.67. The van der Waals surface area contributed by atoms with Gasteiger partial charge in [-0.1, -0.05) is 36.4 Å². The summed E-state index contributed by atoms with van der Waals surface area (Å²) in [6.45, 7) is 0.954. The van der Waals surface area contributed by atoms with Crippen molar-refractivity contribution >= 4 is 22.8 Å². The van der Waals surface area contributed by atoms with Crippen LogP contribution in [0.2, 0.25) is 0 Å². The highest BCUT2D eigenvalue weighted by Crippen LogP contribution is 2.17. The van der Waals surface area contributed by atoms with Crippen LogP contribution in [-0.2, 0) is 0 Å². The first kappa shape index (κ1) is 18.0. The molecule has 1 aromatic heterocycles. The minimum atomic E-state index is -0.622. The van der Waals surface area contributed by atoms with Crippen molar-refractivity contribution in [1.29, 1.82) is 0 Å². The number of likely N-dealkylation sites (tertiary alicyclic amines) is 1. The summed E-state index contributed by atoms with van der Waals surface area (Å²) < 4.78 is 5.27. The maximum atomic E-state index is 12.8. The molecule has 4 rings (SSSR count). The molecule has 2 heterocycles. The van der Waals surface area contributed by atoms with Gasteiger partial charge in [0.05, 0.1) is 0 Å². The minimum absolute atomic E-state index is 0.00442. The second-order valence-corrected chi connectivity index (χ2v) is 6.89. The minimum Gasteiger partial charge on any atom is -0.422 e. The molecule has 6 heteroatoms. The number of amides is 2. The Bertz CT molecular complexity index is 1070. The summed E-state index contributed by atoms with van der Waals surface area (Å²) in [5.74, 6) is -0.437. The summed E-state index contributed by atoms with van der Waals surface area (Å²) in [5.41, 5.74) is 0.509. The number of nitrogens with zero attached hydrogens (tertiary/aromatic N) is 1. The Morgan fingerprint density at radius 1 is 0.964 bits per heavy atom. The molecule has 0 aliphatic carbocycles. The first-order chi connectivity index (χ1) is 13.6. The molecule has 0 spiro atoms. The summed E-state index contributed by atoms with van der Waals surface area (Å²) in [7, 11) is 0. The standard InChI is InChI=1S/C22H20N2O4/c25-20(15-6-2-1-3-7-15)23-17-10-12-24(13-11-17)21(26)18-14-16-8-4-5-9-19(16)28-22(18)27/h1-9,14,17H,10-13H2,(H,23,25). The molecule has 1 aliphatic heterocycles. The van der Waals surface area contributed by atoms with E-state index >= 15 is 0 Å². The van der Waals surface area contributed by atoms with Crippen LogP contribution in [0.4, 0.5) is 0 Å². The maximum absolute atomic E-state index is 12.8. The number of hydrogen-bond acceptors (Lipinski definition) is 4. The number of carbonyl (C=O) groups is 2.